The van der Waals surface area contributed by atoms with Crippen LogP contribution in [0.15, 0.2) is 6.07 Å². The zero-order valence-corrected chi connectivity index (χ0v) is 19.8. The molecule has 30 heavy (non-hydrogen) atoms. The van der Waals surface area contributed by atoms with Gasteiger partial charge < -0.3 is 9.64 Å². The van der Waals surface area contributed by atoms with Gasteiger partial charge in [0.25, 0.3) is 0 Å². The highest BCUT2D eigenvalue weighted by molar-refractivity contribution is 7.19. The highest BCUT2D eigenvalue weighted by Gasteiger charge is 2.25. The van der Waals surface area contributed by atoms with Gasteiger partial charge in [0.2, 0.25) is 0 Å². The standard InChI is InChI=1S/C22H30ClN5OS/c1-5-7-16(8-6-2)17-13-14(3)26-28-18(15(4)24-21(17)28)19-20(23)25-22(30-19)27-9-11-29-12-10-27/h13,16H,5-12H2,1-4H3. The quantitative estimate of drug-likeness (QED) is 0.468. The summed E-state index contributed by atoms with van der Waals surface area (Å²) in [6, 6.07) is 2.22. The molecular formula is C22H30ClN5OS. The first-order valence-electron chi connectivity index (χ1n) is 10.9. The molecule has 3 aromatic rings. The molecule has 0 unspecified atom stereocenters. The summed E-state index contributed by atoms with van der Waals surface area (Å²) in [5.74, 6) is 0.500. The molecular weight excluding hydrogens is 418 g/mol. The number of thiazole rings is 1. The number of imidazole rings is 1. The second-order valence-electron chi connectivity index (χ2n) is 8.01. The third-order valence-electron chi connectivity index (χ3n) is 5.69. The molecule has 1 fully saturated rings. The number of anilines is 1. The molecule has 0 aliphatic carbocycles. The minimum atomic E-state index is 0.500. The molecule has 0 saturated carbocycles. The average Bonchev–Trinajstić information content (AvgIpc) is 3.26. The molecule has 0 aromatic carbocycles. The van der Waals surface area contributed by atoms with Gasteiger partial charge in [0, 0.05) is 18.7 Å². The number of rotatable bonds is 7. The molecule has 1 saturated heterocycles. The number of ether oxygens (including phenoxy) is 1. The molecule has 0 spiro atoms. The van der Waals surface area contributed by atoms with Crippen LogP contribution in [0.4, 0.5) is 5.13 Å². The molecule has 8 heteroatoms. The molecule has 0 bridgehead atoms. The van der Waals surface area contributed by atoms with Gasteiger partial charge in [-0.3, -0.25) is 0 Å². The van der Waals surface area contributed by atoms with Crippen LogP contribution >= 0.6 is 22.9 Å². The summed E-state index contributed by atoms with van der Waals surface area (Å²) in [6.07, 6.45) is 4.65. The van der Waals surface area contributed by atoms with Gasteiger partial charge in [-0.2, -0.15) is 5.10 Å². The first-order chi connectivity index (χ1) is 14.5. The van der Waals surface area contributed by atoms with Crippen LogP contribution in [0.3, 0.4) is 0 Å². The van der Waals surface area contributed by atoms with Gasteiger partial charge in [-0.25, -0.2) is 14.5 Å². The molecule has 162 valence electrons. The fraction of sp³-hybridized carbons (Fsp3) is 0.591. The van der Waals surface area contributed by atoms with Gasteiger partial charge in [0.05, 0.1) is 29.5 Å². The lowest BCUT2D eigenvalue weighted by Crippen LogP contribution is -2.36. The maximum Gasteiger partial charge on any atom is 0.187 e. The number of hydrogen-bond donors (Lipinski definition) is 0. The topological polar surface area (TPSA) is 55.5 Å². The predicted octanol–water partition coefficient (Wildman–Crippen LogP) is 5.64. The second kappa shape index (κ2) is 9.20. The maximum absolute atomic E-state index is 6.64. The van der Waals surface area contributed by atoms with E-state index in [0.29, 0.717) is 11.1 Å². The average molecular weight is 448 g/mol. The van der Waals surface area contributed by atoms with E-state index >= 15 is 0 Å². The number of aromatic nitrogens is 4. The van der Waals surface area contributed by atoms with Crippen LogP contribution in [0.5, 0.6) is 0 Å². The molecule has 0 amide bonds. The predicted molar refractivity (Wildman–Crippen MR) is 124 cm³/mol. The zero-order chi connectivity index (χ0) is 21.3. The summed E-state index contributed by atoms with van der Waals surface area (Å²) in [4.78, 5) is 12.8. The SMILES string of the molecule is CCCC(CCC)c1cc(C)nn2c(-c3sc(N4CCOCC4)nc3Cl)c(C)nc12. The minimum Gasteiger partial charge on any atom is -0.378 e. The Labute approximate surface area is 187 Å². The van der Waals surface area contributed by atoms with Crippen LogP contribution in [-0.4, -0.2) is 45.9 Å². The number of aryl methyl sites for hydroxylation is 2. The fourth-order valence-corrected chi connectivity index (χ4v) is 5.75. The van der Waals surface area contributed by atoms with Crippen LogP contribution in [-0.2, 0) is 4.74 Å². The summed E-state index contributed by atoms with van der Waals surface area (Å²) < 4.78 is 7.47. The first-order valence-corrected chi connectivity index (χ1v) is 12.1. The van der Waals surface area contributed by atoms with Gasteiger partial charge in [-0.05, 0) is 38.7 Å². The van der Waals surface area contributed by atoms with Crippen molar-refractivity contribution in [1.29, 1.82) is 0 Å². The summed E-state index contributed by atoms with van der Waals surface area (Å²) in [6.45, 7) is 11.7. The Morgan fingerprint density at radius 3 is 2.50 bits per heavy atom. The fourth-order valence-electron chi connectivity index (χ4n) is 4.32. The molecule has 0 radical (unpaired) electrons. The molecule has 3 aromatic heterocycles. The Kier molecular flexibility index (Phi) is 6.60. The smallest absolute Gasteiger partial charge is 0.187 e. The molecule has 4 heterocycles. The number of hydrogen-bond acceptors (Lipinski definition) is 6. The van der Waals surface area contributed by atoms with Gasteiger partial charge >= 0.3 is 0 Å². The molecule has 0 atom stereocenters. The second-order valence-corrected chi connectivity index (χ2v) is 9.35. The van der Waals surface area contributed by atoms with Gasteiger partial charge in [0.15, 0.2) is 15.9 Å². The van der Waals surface area contributed by atoms with Crippen LogP contribution in [0.2, 0.25) is 5.15 Å². The van der Waals surface area contributed by atoms with E-state index in [1.807, 2.05) is 11.4 Å². The van der Waals surface area contributed by atoms with E-state index in [4.69, 9.17) is 26.4 Å². The normalized spacial score (nSPS) is 14.9. The zero-order valence-electron chi connectivity index (χ0n) is 18.2. The third kappa shape index (κ3) is 4.07. The van der Waals surface area contributed by atoms with Crippen LogP contribution in [0.1, 0.15) is 62.4 Å². The minimum absolute atomic E-state index is 0.500. The molecule has 0 N–H and O–H groups in total. The Morgan fingerprint density at radius 1 is 1.13 bits per heavy atom. The monoisotopic (exact) mass is 447 g/mol. The van der Waals surface area contributed by atoms with E-state index in [1.165, 1.54) is 5.56 Å². The number of nitrogens with zero attached hydrogens (tertiary/aromatic N) is 5. The van der Waals surface area contributed by atoms with Crippen molar-refractivity contribution < 1.29 is 4.74 Å². The molecule has 1 aliphatic heterocycles. The summed E-state index contributed by atoms with van der Waals surface area (Å²) >= 11 is 8.26. The van der Waals surface area contributed by atoms with Crippen molar-refractivity contribution >= 4 is 33.7 Å². The van der Waals surface area contributed by atoms with Crippen LogP contribution < -0.4 is 4.90 Å². The lowest BCUT2D eigenvalue weighted by atomic mass is 9.91. The third-order valence-corrected chi connectivity index (χ3v) is 7.20. The van der Waals surface area contributed by atoms with Gasteiger partial charge in [-0.15, -0.1) is 0 Å². The van der Waals surface area contributed by atoms with Crippen molar-refractivity contribution in [2.75, 3.05) is 31.2 Å². The van der Waals surface area contributed by atoms with E-state index < -0.39 is 0 Å². The molecule has 4 rings (SSSR count). The Morgan fingerprint density at radius 2 is 1.83 bits per heavy atom. The van der Waals surface area contributed by atoms with E-state index in [0.717, 1.165) is 84.7 Å². The first kappa shape index (κ1) is 21.5. The van der Waals surface area contributed by atoms with Crippen LogP contribution in [0.25, 0.3) is 16.2 Å². The lowest BCUT2D eigenvalue weighted by molar-refractivity contribution is 0.122. The number of halogens is 1. The van der Waals surface area contributed by atoms with E-state index in [9.17, 15) is 0 Å². The largest absolute Gasteiger partial charge is 0.378 e. The van der Waals surface area contributed by atoms with Crippen LogP contribution in [0, 0.1) is 13.8 Å². The molecule has 6 nitrogen and oxygen atoms in total. The summed E-state index contributed by atoms with van der Waals surface area (Å²) in [5.41, 5.74) is 5.17. The Hall–Kier alpha value is -1.70. The van der Waals surface area contributed by atoms with Crippen molar-refractivity contribution in [2.24, 2.45) is 0 Å². The van der Waals surface area contributed by atoms with Crippen molar-refractivity contribution in [3.8, 4) is 10.6 Å². The Bertz CT molecular complexity index is 1020. The van der Waals surface area contributed by atoms with E-state index in [-0.39, 0.29) is 0 Å². The number of fused-ring (bicyclic) bond motifs is 1. The number of morpholine rings is 1. The van der Waals surface area contributed by atoms with E-state index in [2.05, 4.69) is 36.7 Å². The van der Waals surface area contributed by atoms with Crippen molar-refractivity contribution in [3.05, 3.63) is 28.2 Å². The lowest BCUT2D eigenvalue weighted by Gasteiger charge is -2.25. The highest BCUT2D eigenvalue weighted by Crippen LogP contribution is 2.40. The van der Waals surface area contributed by atoms with Crippen molar-refractivity contribution in [1.82, 2.24) is 19.6 Å². The van der Waals surface area contributed by atoms with Crippen molar-refractivity contribution in [3.63, 3.8) is 0 Å². The summed E-state index contributed by atoms with van der Waals surface area (Å²) in [7, 11) is 0. The highest BCUT2D eigenvalue weighted by atomic mass is 35.5. The van der Waals surface area contributed by atoms with E-state index in [1.54, 1.807) is 11.3 Å². The van der Waals surface area contributed by atoms with Crippen molar-refractivity contribution in [2.45, 2.75) is 59.3 Å². The van der Waals surface area contributed by atoms with Gasteiger partial charge in [0.1, 0.15) is 5.69 Å². The molecule has 1 aliphatic rings. The Balaban J connectivity index is 1.83. The maximum atomic E-state index is 6.64. The van der Waals surface area contributed by atoms with Gasteiger partial charge in [-0.1, -0.05) is 49.6 Å². The summed E-state index contributed by atoms with van der Waals surface area (Å²) in [5, 5.41) is 6.30.